The molecule has 0 aromatic heterocycles. The Bertz CT molecular complexity index is 789. The molecule has 1 amide bonds. The Kier molecular flexibility index (Phi) is 5.46. The Hall–Kier alpha value is -2.95. The van der Waals surface area contributed by atoms with Gasteiger partial charge in [-0.2, -0.15) is 0 Å². The molecule has 0 unspecified atom stereocenters. The predicted molar refractivity (Wildman–Crippen MR) is 102 cm³/mol. The topological polar surface area (TPSA) is 87.2 Å². The van der Waals surface area contributed by atoms with Gasteiger partial charge in [-0.25, -0.2) is 0 Å². The van der Waals surface area contributed by atoms with Gasteiger partial charge in [0.05, 0.1) is 0 Å². The fourth-order valence-electron chi connectivity index (χ4n) is 3.34. The van der Waals surface area contributed by atoms with Crippen LogP contribution in [0.25, 0.3) is 11.1 Å². The summed E-state index contributed by atoms with van der Waals surface area (Å²) in [6.45, 7) is 1.43. The number of nitrogens with one attached hydrogen (secondary N) is 1. The van der Waals surface area contributed by atoms with Crippen molar-refractivity contribution in [3.05, 3.63) is 59.7 Å². The van der Waals surface area contributed by atoms with E-state index in [0.29, 0.717) is 36.6 Å². The number of carbonyl (C=O) groups excluding carboxylic acids is 2. The minimum atomic E-state index is 0.0491. The molecule has 0 saturated carbocycles. The smallest absolute Gasteiger partial charge is 0.253 e. The van der Waals surface area contributed by atoms with Gasteiger partial charge in [0.2, 0.25) is 0 Å². The van der Waals surface area contributed by atoms with E-state index in [-0.39, 0.29) is 11.7 Å². The van der Waals surface area contributed by atoms with Gasteiger partial charge >= 0.3 is 0 Å². The van der Waals surface area contributed by atoms with E-state index in [2.05, 4.69) is 0 Å². The van der Waals surface area contributed by atoms with Crippen molar-refractivity contribution in [3.8, 4) is 11.1 Å². The van der Waals surface area contributed by atoms with E-state index in [9.17, 15) is 9.59 Å². The average molecular weight is 349 g/mol. The molecule has 3 N–H and O–H groups in total. The van der Waals surface area contributed by atoms with E-state index in [0.717, 1.165) is 30.3 Å². The van der Waals surface area contributed by atoms with Crippen LogP contribution in [0, 0.1) is 11.3 Å². The molecule has 0 spiro atoms. The third-order valence-corrected chi connectivity index (χ3v) is 4.99. The Morgan fingerprint density at radius 2 is 1.50 bits per heavy atom. The molecule has 2 aromatic carbocycles. The Morgan fingerprint density at radius 1 is 1.00 bits per heavy atom. The number of hydrogen-bond acceptors (Lipinski definition) is 3. The lowest BCUT2D eigenvalue weighted by Crippen LogP contribution is -2.38. The van der Waals surface area contributed by atoms with E-state index in [4.69, 9.17) is 11.1 Å². The number of piperidine rings is 1. The molecule has 1 aliphatic rings. The summed E-state index contributed by atoms with van der Waals surface area (Å²) in [5, 5.41) is 7.44. The van der Waals surface area contributed by atoms with Gasteiger partial charge in [-0.05, 0) is 42.0 Å². The van der Waals surface area contributed by atoms with Gasteiger partial charge in [-0.3, -0.25) is 10.2 Å². The van der Waals surface area contributed by atoms with Crippen LogP contribution >= 0.6 is 0 Å². The average Bonchev–Trinajstić information content (AvgIpc) is 2.68. The largest absolute Gasteiger partial charge is 0.384 e. The summed E-state index contributed by atoms with van der Waals surface area (Å²) in [5.41, 5.74) is 8.88. The van der Waals surface area contributed by atoms with Gasteiger partial charge in [-0.1, -0.05) is 36.4 Å². The van der Waals surface area contributed by atoms with Crippen LogP contribution < -0.4 is 5.73 Å². The van der Waals surface area contributed by atoms with Crippen LogP contribution in [0.2, 0.25) is 0 Å². The molecule has 5 heteroatoms. The SMILES string of the molecule is N=C(N)c1ccc(-c2ccc(C(=O)N3CCC(CC=O)CC3)cc2)cc1. The van der Waals surface area contributed by atoms with Crippen molar-refractivity contribution in [3.63, 3.8) is 0 Å². The number of aldehydes is 1. The molecule has 1 heterocycles. The molecule has 26 heavy (non-hydrogen) atoms. The summed E-state index contributed by atoms with van der Waals surface area (Å²) in [6.07, 6.45) is 3.36. The highest BCUT2D eigenvalue weighted by Gasteiger charge is 2.23. The number of nitrogens with zero attached hydrogens (tertiary/aromatic N) is 1. The highest BCUT2D eigenvalue weighted by atomic mass is 16.2. The number of likely N-dealkylation sites (tertiary alicyclic amines) is 1. The second-order valence-electron chi connectivity index (χ2n) is 6.71. The monoisotopic (exact) mass is 349 g/mol. The first-order valence-electron chi connectivity index (χ1n) is 8.86. The summed E-state index contributed by atoms with van der Waals surface area (Å²) in [6, 6.07) is 15.1. The van der Waals surface area contributed by atoms with E-state index in [1.54, 1.807) is 0 Å². The second kappa shape index (κ2) is 7.95. The molecular formula is C21H23N3O2. The van der Waals surface area contributed by atoms with Crippen LogP contribution in [0.4, 0.5) is 0 Å². The summed E-state index contributed by atoms with van der Waals surface area (Å²) in [5.74, 6) is 0.513. The molecule has 0 radical (unpaired) electrons. The number of nitrogen functional groups attached to an aromatic ring is 1. The van der Waals surface area contributed by atoms with Crippen molar-refractivity contribution in [2.24, 2.45) is 11.7 Å². The van der Waals surface area contributed by atoms with E-state index in [1.165, 1.54) is 0 Å². The zero-order chi connectivity index (χ0) is 18.5. The maximum absolute atomic E-state index is 12.7. The Labute approximate surface area is 153 Å². The Balaban J connectivity index is 1.66. The van der Waals surface area contributed by atoms with Gasteiger partial charge in [-0.15, -0.1) is 0 Å². The first-order valence-corrected chi connectivity index (χ1v) is 8.86. The van der Waals surface area contributed by atoms with Gasteiger partial charge in [0.25, 0.3) is 5.91 Å². The fourth-order valence-corrected chi connectivity index (χ4v) is 3.34. The molecule has 1 aliphatic heterocycles. The molecule has 0 atom stereocenters. The van der Waals surface area contributed by atoms with Crippen LogP contribution in [0.5, 0.6) is 0 Å². The van der Waals surface area contributed by atoms with E-state index < -0.39 is 0 Å². The predicted octanol–water partition coefficient (Wildman–Crippen LogP) is 3.08. The third kappa shape index (κ3) is 3.99. The van der Waals surface area contributed by atoms with Gasteiger partial charge in [0.15, 0.2) is 0 Å². The van der Waals surface area contributed by atoms with Gasteiger partial charge in [0, 0.05) is 30.6 Å². The summed E-state index contributed by atoms with van der Waals surface area (Å²) in [4.78, 5) is 25.1. The molecule has 1 saturated heterocycles. The van der Waals surface area contributed by atoms with Crippen molar-refractivity contribution in [2.45, 2.75) is 19.3 Å². The minimum Gasteiger partial charge on any atom is -0.384 e. The van der Waals surface area contributed by atoms with Crippen LogP contribution in [0.15, 0.2) is 48.5 Å². The summed E-state index contributed by atoms with van der Waals surface area (Å²) >= 11 is 0. The third-order valence-electron chi connectivity index (χ3n) is 4.99. The fraction of sp³-hybridized carbons (Fsp3) is 0.286. The molecule has 0 aliphatic carbocycles. The maximum Gasteiger partial charge on any atom is 0.253 e. The lowest BCUT2D eigenvalue weighted by atomic mass is 9.93. The standard InChI is InChI=1S/C21H23N3O2/c22-20(23)18-5-1-16(2-6-18)17-3-7-19(8-4-17)21(26)24-12-9-15(10-13-24)11-14-25/h1-8,14-15H,9-13H2,(H3,22,23). The van der Waals surface area contributed by atoms with Crippen LogP contribution in [0.3, 0.4) is 0 Å². The van der Waals surface area contributed by atoms with Crippen molar-refractivity contribution < 1.29 is 9.59 Å². The summed E-state index contributed by atoms with van der Waals surface area (Å²) < 4.78 is 0. The van der Waals surface area contributed by atoms with Crippen molar-refractivity contribution in [2.75, 3.05) is 13.1 Å². The molecule has 5 nitrogen and oxygen atoms in total. The number of carbonyl (C=O) groups is 2. The van der Waals surface area contributed by atoms with Crippen LogP contribution in [-0.4, -0.2) is 36.0 Å². The number of nitrogens with two attached hydrogens (primary N) is 1. The van der Waals surface area contributed by atoms with E-state index >= 15 is 0 Å². The second-order valence-corrected chi connectivity index (χ2v) is 6.71. The van der Waals surface area contributed by atoms with Crippen molar-refractivity contribution in [1.82, 2.24) is 4.90 Å². The zero-order valence-corrected chi connectivity index (χ0v) is 14.7. The number of rotatable bonds is 5. The highest BCUT2D eigenvalue weighted by Crippen LogP contribution is 2.23. The van der Waals surface area contributed by atoms with Crippen molar-refractivity contribution >= 4 is 18.0 Å². The minimum absolute atomic E-state index is 0.0491. The van der Waals surface area contributed by atoms with Crippen LogP contribution in [-0.2, 0) is 4.79 Å². The first-order chi connectivity index (χ1) is 12.6. The molecule has 0 bridgehead atoms. The molecule has 3 rings (SSSR count). The summed E-state index contributed by atoms with van der Waals surface area (Å²) in [7, 11) is 0. The highest BCUT2D eigenvalue weighted by molar-refractivity contribution is 5.96. The first kappa shape index (κ1) is 17.9. The molecule has 1 fully saturated rings. The lowest BCUT2D eigenvalue weighted by Gasteiger charge is -2.31. The molecule has 134 valence electrons. The van der Waals surface area contributed by atoms with Crippen LogP contribution in [0.1, 0.15) is 35.2 Å². The van der Waals surface area contributed by atoms with Gasteiger partial charge < -0.3 is 15.4 Å². The zero-order valence-electron chi connectivity index (χ0n) is 14.7. The lowest BCUT2D eigenvalue weighted by molar-refractivity contribution is -0.108. The van der Waals surface area contributed by atoms with Crippen molar-refractivity contribution in [1.29, 1.82) is 5.41 Å². The Morgan fingerprint density at radius 3 is 1.96 bits per heavy atom. The quantitative estimate of drug-likeness (QED) is 0.494. The number of amidine groups is 1. The normalized spacial score (nSPS) is 14.8. The van der Waals surface area contributed by atoms with E-state index in [1.807, 2.05) is 53.4 Å². The molecular weight excluding hydrogens is 326 g/mol. The maximum atomic E-state index is 12.7. The number of hydrogen-bond donors (Lipinski definition) is 2. The van der Waals surface area contributed by atoms with Gasteiger partial charge in [0.1, 0.15) is 12.1 Å². The number of amides is 1. The number of benzene rings is 2. The molecule has 2 aromatic rings.